The van der Waals surface area contributed by atoms with E-state index in [9.17, 15) is 10.1 Å². The first-order valence-corrected chi connectivity index (χ1v) is 11.1. The lowest BCUT2D eigenvalue weighted by Gasteiger charge is -2.37. The molecule has 1 aliphatic carbocycles. The van der Waals surface area contributed by atoms with Gasteiger partial charge in [0.25, 0.3) is 5.56 Å². The van der Waals surface area contributed by atoms with Crippen LogP contribution in [0.5, 0.6) is 0 Å². The van der Waals surface area contributed by atoms with Crippen molar-refractivity contribution in [1.82, 2.24) is 14.5 Å². The van der Waals surface area contributed by atoms with Gasteiger partial charge in [-0.3, -0.25) is 9.36 Å². The van der Waals surface area contributed by atoms with Gasteiger partial charge in [-0.15, -0.1) is 0 Å². The van der Waals surface area contributed by atoms with Gasteiger partial charge in [0.15, 0.2) is 0 Å². The van der Waals surface area contributed by atoms with Gasteiger partial charge in [-0.25, -0.2) is 9.97 Å². The molecule has 0 spiro atoms. The highest BCUT2D eigenvalue weighted by Crippen LogP contribution is 2.28. The standard InChI is InChI=1S/C24H26N6O2/c1-32-12-11-30-16-26-22-14-19(5-6-20(22)24(30)31)28-7-9-29(10-8-28)23-18(15-25)13-17-3-2-4-21(17)27-23/h5-6,13-14,16H,2-4,7-12H2,1H3. The van der Waals surface area contributed by atoms with E-state index < -0.39 is 0 Å². The van der Waals surface area contributed by atoms with Crippen LogP contribution in [-0.4, -0.2) is 54.4 Å². The number of nitriles is 1. The van der Waals surface area contributed by atoms with Gasteiger partial charge in [-0.1, -0.05) is 0 Å². The predicted octanol–water partition coefficient (Wildman–Crippen LogP) is 2.12. The van der Waals surface area contributed by atoms with Crippen molar-refractivity contribution in [3.63, 3.8) is 0 Å². The van der Waals surface area contributed by atoms with Crippen LogP contribution in [0.2, 0.25) is 0 Å². The molecule has 0 unspecified atom stereocenters. The Bertz CT molecular complexity index is 1250. The Kier molecular flexibility index (Phi) is 5.50. The lowest BCUT2D eigenvalue weighted by Crippen LogP contribution is -2.47. The summed E-state index contributed by atoms with van der Waals surface area (Å²) in [5.41, 5.74) is 4.78. The molecule has 3 heterocycles. The van der Waals surface area contributed by atoms with E-state index in [0.717, 1.165) is 62.6 Å². The third-order valence-electron chi connectivity index (χ3n) is 6.44. The molecule has 5 rings (SSSR count). The number of hydrogen-bond acceptors (Lipinski definition) is 7. The van der Waals surface area contributed by atoms with Gasteiger partial charge >= 0.3 is 0 Å². The van der Waals surface area contributed by atoms with Crippen LogP contribution in [-0.2, 0) is 24.1 Å². The molecule has 0 radical (unpaired) electrons. The maximum atomic E-state index is 12.7. The van der Waals surface area contributed by atoms with Crippen LogP contribution in [0.1, 0.15) is 23.2 Å². The molecule has 32 heavy (non-hydrogen) atoms. The number of methoxy groups -OCH3 is 1. The minimum atomic E-state index is -0.0462. The first-order valence-electron chi connectivity index (χ1n) is 11.1. The number of aromatic nitrogens is 3. The Morgan fingerprint density at radius 1 is 1.12 bits per heavy atom. The number of aryl methyl sites for hydroxylation is 2. The Labute approximate surface area is 186 Å². The van der Waals surface area contributed by atoms with Crippen LogP contribution >= 0.6 is 0 Å². The summed E-state index contributed by atoms with van der Waals surface area (Å²) in [6, 6.07) is 10.2. The van der Waals surface area contributed by atoms with Crippen LogP contribution in [0.15, 0.2) is 35.4 Å². The summed E-state index contributed by atoms with van der Waals surface area (Å²) >= 11 is 0. The molecule has 2 aliphatic rings. The van der Waals surface area contributed by atoms with Crippen LogP contribution < -0.4 is 15.4 Å². The second-order valence-corrected chi connectivity index (χ2v) is 8.34. The number of hydrogen-bond donors (Lipinski definition) is 0. The molecule has 8 nitrogen and oxygen atoms in total. The van der Waals surface area contributed by atoms with Crippen molar-refractivity contribution in [2.24, 2.45) is 0 Å². The molecular formula is C24H26N6O2. The third kappa shape index (κ3) is 3.69. The Morgan fingerprint density at radius 3 is 2.72 bits per heavy atom. The third-order valence-corrected chi connectivity index (χ3v) is 6.44. The quantitative estimate of drug-likeness (QED) is 0.613. The predicted molar refractivity (Wildman–Crippen MR) is 123 cm³/mol. The molecule has 0 bridgehead atoms. The molecule has 0 amide bonds. The molecule has 0 N–H and O–H groups in total. The van der Waals surface area contributed by atoms with Gasteiger partial charge in [0.1, 0.15) is 11.9 Å². The van der Waals surface area contributed by atoms with Crippen molar-refractivity contribution in [2.75, 3.05) is 49.7 Å². The number of rotatable bonds is 5. The summed E-state index contributed by atoms with van der Waals surface area (Å²) < 4.78 is 6.65. The van der Waals surface area contributed by atoms with Gasteiger partial charge in [0.05, 0.1) is 35.9 Å². The summed E-state index contributed by atoms with van der Waals surface area (Å²) in [4.78, 5) is 26.5. The number of nitrogens with zero attached hydrogens (tertiary/aromatic N) is 6. The van der Waals surface area contributed by atoms with Gasteiger partial charge in [0, 0.05) is 44.7 Å². The molecule has 1 aliphatic heterocycles. The minimum Gasteiger partial charge on any atom is -0.383 e. The smallest absolute Gasteiger partial charge is 0.261 e. The summed E-state index contributed by atoms with van der Waals surface area (Å²) in [5.74, 6) is 0.824. The van der Waals surface area contributed by atoms with Gasteiger partial charge in [-0.05, 0) is 49.1 Å². The van der Waals surface area contributed by atoms with E-state index in [-0.39, 0.29) is 5.56 Å². The first-order chi connectivity index (χ1) is 15.7. The number of fused-ring (bicyclic) bond motifs is 2. The second-order valence-electron chi connectivity index (χ2n) is 8.34. The van der Waals surface area contributed by atoms with Crippen molar-refractivity contribution in [3.05, 3.63) is 57.8 Å². The fourth-order valence-corrected chi connectivity index (χ4v) is 4.65. The molecule has 1 saturated heterocycles. The van der Waals surface area contributed by atoms with Gasteiger partial charge in [-0.2, -0.15) is 5.26 Å². The monoisotopic (exact) mass is 430 g/mol. The Morgan fingerprint density at radius 2 is 1.94 bits per heavy atom. The fourth-order valence-electron chi connectivity index (χ4n) is 4.65. The maximum absolute atomic E-state index is 12.7. The lowest BCUT2D eigenvalue weighted by molar-refractivity contribution is 0.186. The van der Waals surface area contributed by atoms with Crippen molar-refractivity contribution >= 4 is 22.4 Å². The largest absolute Gasteiger partial charge is 0.383 e. The Balaban J connectivity index is 1.33. The maximum Gasteiger partial charge on any atom is 0.261 e. The Hall–Kier alpha value is -3.44. The summed E-state index contributed by atoms with van der Waals surface area (Å²) in [6.45, 7) is 4.20. The molecule has 2 aromatic heterocycles. The highest BCUT2D eigenvalue weighted by Gasteiger charge is 2.24. The number of ether oxygens (including phenoxy) is 1. The van der Waals surface area contributed by atoms with Gasteiger partial charge < -0.3 is 14.5 Å². The SMILES string of the molecule is COCCn1cnc2cc(N3CCN(c4nc5c(cc4C#N)CCC5)CC3)ccc2c1=O. The topological polar surface area (TPSA) is 87.3 Å². The minimum absolute atomic E-state index is 0.0462. The van der Waals surface area contributed by atoms with Crippen molar-refractivity contribution in [2.45, 2.75) is 25.8 Å². The van der Waals surface area contributed by atoms with Gasteiger partial charge in [0.2, 0.25) is 0 Å². The molecule has 1 fully saturated rings. The number of benzene rings is 1. The normalized spacial score (nSPS) is 15.8. The highest BCUT2D eigenvalue weighted by atomic mass is 16.5. The average molecular weight is 431 g/mol. The number of piperazine rings is 1. The summed E-state index contributed by atoms with van der Waals surface area (Å²) in [7, 11) is 1.62. The second kappa shape index (κ2) is 8.60. The molecule has 1 aromatic carbocycles. The van der Waals surface area contributed by atoms with Crippen LogP contribution in [0.3, 0.4) is 0 Å². The number of anilines is 2. The summed E-state index contributed by atoms with van der Waals surface area (Å²) in [6.07, 6.45) is 4.75. The van der Waals surface area contributed by atoms with E-state index in [2.05, 4.69) is 20.9 Å². The molecule has 164 valence electrons. The van der Waals surface area contributed by atoms with E-state index in [1.807, 2.05) is 24.3 Å². The number of pyridine rings is 1. The zero-order valence-electron chi connectivity index (χ0n) is 18.3. The molecule has 8 heteroatoms. The van der Waals surface area contributed by atoms with Crippen molar-refractivity contribution in [1.29, 1.82) is 5.26 Å². The highest BCUT2D eigenvalue weighted by molar-refractivity contribution is 5.81. The van der Waals surface area contributed by atoms with Crippen molar-refractivity contribution < 1.29 is 4.74 Å². The van der Waals surface area contributed by atoms with Crippen molar-refractivity contribution in [3.8, 4) is 6.07 Å². The van der Waals surface area contributed by atoms with Crippen LogP contribution in [0.25, 0.3) is 10.9 Å². The zero-order chi connectivity index (χ0) is 22.1. The lowest BCUT2D eigenvalue weighted by atomic mass is 10.1. The first kappa shape index (κ1) is 20.5. The van der Waals surface area contributed by atoms with E-state index in [4.69, 9.17) is 9.72 Å². The van der Waals surface area contributed by atoms with E-state index in [1.165, 1.54) is 5.56 Å². The van der Waals surface area contributed by atoms with Crippen LogP contribution in [0, 0.1) is 11.3 Å². The molecule has 3 aromatic rings. The molecule has 0 saturated carbocycles. The fraction of sp³-hybridized carbons (Fsp3) is 0.417. The molecule has 0 atom stereocenters. The zero-order valence-corrected chi connectivity index (χ0v) is 18.3. The summed E-state index contributed by atoms with van der Waals surface area (Å²) in [5, 5.41) is 10.2. The van der Waals surface area contributed by atoms with Crippen LogP contribution in [0.4, 0.5) is 11.5 Å². The average Bonchev–Trinajstić information content (AvgIpc) is 3.30. The molecular weight excluding hydrogens is 404 g/mol. The van der Waals surface area contributed by atoms with E-state index in [0.29, 0.717) is 29.6 Å². The van der Waals surface area contributed by atoms with E-state index in [1.54, 1.807) is 18.0 Å². The van der Waals surface area contributed by atoms with E-state index >= 15 is 0 Å².